The molecule has 1 saturated heterocycles. The molecule has 3 atom stereocenters. The van der Waals surface area contributed by atoms with Crippen molar-refractivity contribution in [3.63, 3.8) is 0 Å². The third-order valence-electron chi connectivity index (χ3n) is 3.85. The fourth-order valence-corrected chi connectivity index (χ4v) is 2.48. The van der Waals surface area contributed by atoms with E-state index < -0.39 is 29.8 Å². The lowest BCUT2D eigenvalue weighted by atomic mass is 10.2. The van der Waals surface area contributed by atoms with E-state index >= 15 is 0 Å². The number of hydrogen-bond donors (Lipinski definition) is 5. The minimum atomic E-state index is -0.906. The Hall–Kier alpha value is -3.20. The number of nitrogens with two attached hydrogens (primary N) is 2. The average Bonchev–Trinajstić information content (AvgIpc) is 2.96. The molecule has 0 unspecified atom stereocenters. The summed E-state index contributed by atoms with van der Waals surface area (Å²) in [5.74, 6) is 5.36. The van der Waals surface area contributed by atoms with Gasteiger partial charge >= 0.3 is 11.4 Å². The number of aliphatic hydroxyl groups is 2. The first kappa shape index (κ1) is 17.6. The predicted octanol–water partition coefficient (Wildman–Crippen LogP) is -2.47. The van der Waals surface area contributed by atoms with E-state index in [1.807, 2.05) is 0 Å². The van der Waals surface area contributed by atoms with Gasteiger partial charge in [0.2, 0.25) is 0 Å². The molecule has 136 valence electrons. The van der Waals surface area contributed by atoms with Gasteiger partial charge in [-0.05, 0) is 0 Å². The molecule has 26 heavy (non-hydrogen) atoms. The van der Waals surface area contributed by atoms with Crippen LogP contribution in [0, 0.1) is 11.8 Å². The maximum atomic E-state index is 12.1. The second kappa shape index (κ2) is 6.96. The van der Waals surface area contributed by atoms with E-state index in [0.29, 0.717) is 0 Å². The summed E-state index contributed by atoms with van der Waals surface area (Å²) < 4.78 is 6.59. The minimum Gasteiger partial charge on any atom is -0.394 e. The van der Waals surface area contributed by atoms with E-state index in [-0.39, 0.29) is 35.8 Å². The Bertz CT molecular complexity index is 1000. The van der Waals surface area contributed by atoms with Crippen LogP contribution in [0.5, 0.6) is 0 Å². The Morgan fingerprint density at radius 1 is 1.35 bits per heavy atom. The molecule has 0 aliphatic carbocycles. The first-order valence-electron chi connectivity index (χ1n) is 7.59. The second-order valence-electron chi connectivity index (χ2n) is 5.61. The highest BCUT2D eigenvalue weighted by atomic mass is 16.5. The number of H-pyrrole nitrogens is 1. The van der Waals surface area contributed by atoms with Crippen molar-refractivity contribution >= 4 is 11.6 Å². The summed E-state index contributed by atoms with van der Waals surface area (Å²) in [6.07, 6.45) is 0.179. The van der Waals surface area contributed by atoms with E-state index in [0.717, 1.165) is 4.57 Å². The van der Waals surface area contributed by atoms with Crippen LogP contribution in [0.2, 0.25) is 0 Å². The zero-order chi connectivity index (χ0) is 18.8. The van der Waals surface area contributed by atoms with Gasteiger partial charge in [-0.1, -0.05) is 11.8 Å². The molecular formula is C15H16N6O5. The quantitative estimate of drug-likeness (QED) is 0.362. The lowest BCUT2D eigenvalue weighted by Gasteiger charge is -2.15. The fraction of sp³-hybridized carbons (Fsp3) is 0.333. The molecule has 1 aliphatic rings. The molecule has 2 aromatic heterocycles. The Morgan fingerprint density at radius 2 is 2.08 bits per heavy atom. The minimum absolute atomic E-state index is 0.0467. The number of nitrogen functional groups attached to an aromatic ring is 2. The lowest BCUT2D eigenvalue weighted by Crippen LogP contribution is -2.28. The Balaban J connectivity index is 1.96. The van der Waals surface area contributed by atoms with Crippen molar-refractivity contribution in [1.82, 2.24) is 19.5 Å². The normalized spacial score (nSPS) is 22.0. The van der Waals surface area contributed by atoms with Crippen molar-refractivity contribution in [2.24, 2.45) is 0 Å². The molecule has 0 amide bonds. The van der Waals surface area contributed by atoms with Gasteiger partial charge in [-0.15, -0.1) is 0 Å². The zero-order valence-corrected chi connectivity index (χ0v) is 13.4. The van der Waals surface area contributed by atoms with E-state index in [9.17, 15) is 14.7 Å². The largest absolute Gasteiger partial charge is 0.394 e. The summed E-state index contributed by atoms with van der Waals surface area (Å²) >= 11 is 0. The van der Waals surface area contributed by atoms with E-state index in [4.69, 9.17) is 21.3 Å². The summed E-state index contributed by atoms with van der Waals surface area (Å²) in [7, 11) is 0. The molecule has 11 heteroatoms. The van der Waals surface area contributed by atoms with Crippen LogP contribution in [0.3, 0.4) is 0 Å². The topological polar surface area (TPSA) is 182 Å². The SMILES string of the molecule is Nc1nc(=O)n([C@H]2C[C@H](O)[C@@H](CO)O2)cc1C#Cc1cnc(=O)[nH]c1N. The molecule has 0 radical (unpaired) electrons. The standard InChI is InChI=1S/C15H16N6O5/c16-12-7(4-18-14(24)19-12)1-2-8-5-21(15(25)20-13(8)17)11-3-9(23)10(6-22)26-11/h4-5,9-11,22-23H,3,6H2,(H2,17,20,25)(H3,16,18,19,24)/t9-,10+,11+/m0/s1. The number of nitrogens with zero attached hydrogens (tertiary/aromatic N) is 3. The number of rotatable bonds is 2. The van der Waals surface area contributed by atoms with Gasteiger partial charge in [-0.2, -0.15) is 4.98 Å². The lowest BCUT2D eigenvalue weighted by molar-refractivity contribution is -0.0458. The van der Waals surface area contributed by atoms with Crippen LogP contribution in [-0.2, 0) is 4.74 Å². The molecule has 1 aliphatic heterocycles. The van der Waals surface area contributed by atoms with E-state index in [2.05, 4.69) is 26.8 Å². The summed E-state index contributed by atoms with van der Waals surface area (Å²) in [6, 6.07) is 0. The molecule has 0 saturated carbocycles. The Kier molecular flexibility index (Phi) is 4.72. The van der Waals surface area contributed by atoms with E-state index in [1.165, 1.54) is 12.4 Å². The number of anilines is 2. The van der Waals surface area contributed by atoms with Gasteiger partial charge in [-0.3, -0.25) is 9.55 Å². The van der Waals surface area contributed by atoms with Crippen LogP contribution in [0.4, 0.5) is 11.6 Å². The third-order valence-corrected chi connectivity index (χ3v) is 3.85. The van der Waals surface area contributed by atoms with Gasteiger partial charge in [-0.25, -0.2) is 14.6 Å². The Labute approximate surface area is 146 Å². The predicted molar refractivity (Wildman–Crippen MR) is 89.8 cm³/mol. The number of hydrogen-bond acceptors (Lipinski definition) is 9. The molecule has 0 spiro atoms. The molecule has 11 nitrogen and oxygen atoms in total. The van der Waals surface area contributed by atoms with Crippen molar-refractivity contribution in [1.29, 1.82) is 0 Å². The summed E-state index contributed by atoms with van der Waals surface area (Å²) in [5, 5.41) is 19.0. The molecule has 0 aromatic carbocycles. The Morgan fingerprint density at radius 3 is 2.73 bits per heavy atom. The maximum Gasteiger partial charge on any atom is 0.351 e. The van der Waals surface area contributed by atoms with Gasteiger partial charge in [0, 0.05) is 12.6 Å². The first-order valence-corrected chi connectivity index (χ1v) is 7.59. The molecule has 3 rings (SSSR count). The van der Waals surface area contributed by atoms with Gasteiger partial charge in [0.05, 0.1) is 30.0 Å². The second-order valence-corrected chi connectivity index (χ2v) is 5.61. The maximum absolute atomic E-state index is 12.1. The van der Waals surface area contributed by atoms with Crippen molar-refractivity contribution in [2.45, 2.75) is 24.9 Å². The number of aromatic nitrogens is 4. The van der Waals surface area contributed by atoms with Crippen LogP contribution in [0.1, 0.15) is 23.8 Å². The van der Waals surface area contributed by atoms with Crippen LogP contribution in [0.25, 0.3) is 0 Å². The first-order chi connectivity index (χ1) is 12.4. The highest BCUT2D eigenvalue weighted by Crippen LogP contribution is 2.27. The fourth-order valence-electron chi connectivity index (χ4n) is 2.48. The van der Waals surface area contributed by atoms with Crippen molar-refractivity contribution < 1.29 is 14.9 Å². The van der Waals surface area contributed by atoms with Gasteiger partial charge in [0.1, 0.15) is 24.0 Å². The average molecular weight is 360 g/mol. The van der Waals surface area contributed by atoms with Crippen LogP contribution in [-0.4, -0.2) is 48.5 Å². The number of ether oxygens (including phenoxy) is 1. The molecule has 3 heterocycles. The van der Waals surface area contributed by atoms with Crippen LogP contribution < -0.4 is 22.8 Å². The van der Waals surface area contributed by atoms with Crippen LogP contribution in [0.15, 0.2) is 22.0 Å². The summed E-state index contributed by atoms with van der Waals surface area (Å²) in [6.45, 7) is -0.375. The van der Waals surface area contributed by atoms with Crippen LogP contribution >= 0.6 is 0 Å². The van der Waals surface area contributed by atoms with Gasteiger partial charge in [0.25, 0.3) is 0 Å². The number of nitrogens with one attached hydrogen (secondary N) is 1. The molecule has 0 bridgehead atoms. The zero-order valence-electron chi connectivity index (χ0n) is 13.4. The molecule has 2 aromatic rings. The monoisotopic (exact) mass is 360 g/mol. The van der Waals surface area contributed by atoms with Crippen molar-refractivity contribution in [3.05, 3.63) is 44.5 Å². The third kappa shape index (κ3) is 3.42. The highest BCUT2D eigenvalue weighted by Gasteiger charge is 2.35. The number of aliphatic hydroxyl groups excluding tert-OH is 2. The van der Waals surface area contributed by atoms with Crippen molar-refractivity contribution in [2.75, 3.05) is 18.1 Å². The highest BCUT2D eigenvalue weighted by molar-refractivity contribution is 5.55. The number of aromatic amines is 1. The molecule has 7 N–H and O–H groups in total. The summed E-state index contributed by atoms with van der Waals surface area (Å²) in [5.41, 5.74) is 10.6. The van der Waals surface area contributed by atoms with Gasteiger partial charge in [0.15, 0.2) is 0 Å². The van der Waals surface area contributed by atoms with E-state index in [1.54, 1.807) is 0 Å². The van der Waals surface area contributed by atoms with Gasteiger partial charge < -0.3 is 26.4 Å². The molecular weight excluding hydrogens is 344 g/mol. The smallest absolute Gasteiger partial charge is 0.351 e. The van der Waals surface area contributed by atoms with Crippen molar-refractivity contribution in [3.8, 4) is 11.8 Å². The summed E-state index contributed by atoms with van der Waals surface area (Å²) in [4.78, 5) is 32.7. The molecule has 1 fully saturated rings.